The van der Waals surface area contributed by atoms with E-state index >= 15 is 0 Å². The monoisotopic (exact) mass is 343 g/mol. The van der Waals surface area contributed by atoms with Crippen molar-refractivity contribution in [2.75, 3.05) is 13.9 Å². The largest absolute Gasteiger partial charge is 0.493 e. The topological polar surface area (TPSA) is 60.8 Å². The standard InChI is InChI=1S/C12H10BrNO4S/c1-16-7-2-6(3-8-10(7)18-5-17-8)9(15)11-12(13)14-4-19-11/h2-4,9,15H,5H2,1H3. The second-order valence-electron chi connectivity index (χ2n) is 3.87. The second kappa shape index (κ2) is 4.99. The molecule has 0 bridgehead atoms. The summed E-state index contributed by atoms with van der Waals surface area (Å²) in [5, 5.41) is 10.4. The van der Waals surface area contributed by atoms with Gasteiger partial charge in [-0.2, -0.15) is 0 Å². The number of rotatable bonds is 3. The van der Waals surface area contributed by atoms with Crippen LogP contribution in [-0.2, 0) is 0 Å². The van der Waals surface area contributed by atoms with Gasteiger partial charge < -0.3 is 19.3 Å². The molecule has 7 heteroatoms. The van der Waals surface area contributed by atoms with Crippen molar-refractivity contribution in [3.63, 3.8) is 0 Å². The number of fused-ring (bicyclic) bond motifs is 1. The molecule has 19 heavy (non-hydrogen) atoms. The Balaban J connectivity index is 2.04. The van der Waals surface area contributed by atoms with Crippen LogP contribution < -0.4 is 14.2 Å². The number of halogens is 1. The highest BCUT2D eigenvalue weighted by Gasteiger charge is 2.24. The van der Waals surface area contributed by atoms with Gasteiger partial charge in [0.15, 0.2) is 11.5 Å². The molecule has 0 saturated heterocycles. The minimum absolute atomic E-state index is 0.162. The molecule has 1 N–H and O–H groups in total. The Morgan fingerprint density at radius 1 is 1.47 bits per heavy atom. The summed E-state index contributed by atoms with van der Waals surface area (Å²) in [6.07, 6.45) is -0.787. The maximum atomic E-state index is 10.4. The Bertz CT molecular complexity index is 616. The molecule has 1 aromatic carbocycles. The van der Waals surface area contributed by atoms with Crippen LogP contribution in [0, 0.1) is 0 Å². The number of methoxy groups -OCH3 is 1. The van der Waals surface area contributed by atoms with Crippen molar-refractivity contribution in [3.8, 4) is 17.2 Å². The van der Waals surface area contributed by atoms with Crippen molar-refractivity contribution >= 4 is 27.3 Å². The summed E-state index contributed by atoms with van der Waals surface area (Å²) < 4.78 is 16.6. The molecule has 0 spiro atoms. The third-order valence-corrected chi connectivity index (χ3v) is 4.57. The van der Waals surface area contributed by atoms with Crippen molar-refractivity contribution in [1.82, 2.24) is 4.98 Å². The van der Waals surface area contributed by atoms with Crippen molar-refractivity contribution in [3.05, 3.63) is 32.7 Å². The quantitative estimate of drug-likeness (QED) is 0.928. The highest BCUT2D eigenvalue weighted by atomic mass is 79.9. The fraction of sp³-hybridized carbons (Fsp3) is 0.250. The van der Waals surface area contributed by atoms with Gasteiger partial charge in [0.2, 0.25) is 12.5 Å². The number of aliphatic hydroxyl groups is 1. The number of hydrogen-bond donors (Lipinski definition) is 1. The predicted molar refractivity (Wildman–Crippen MR) is 73.0 cm³/mol. The summed E-state index contributed by atoms with van der Waals surface area (Å²) in [4.78, 5) is 4.80. The number of aromatic nitrogens is 1. The van der Waals surface area contributed by atoms with E-state index in [4.69, 9.17) is 14.2 Å². The first-order valence-electron chi connectivity index (χ1n) is 5.45. The van der Waals surface area contributed by atoms with E-state index in [9.17, 15) is 5.11 Å². The molecule has 1 atom stereocenters. The minimum atomic E-state index is -0.787. The lowest BCUT2D eigenvalue weighted by Gasteiger charge is -2.12. The van der Waals surface area contributed by atoms with E-state index in [0.29, 0.717) is 27.4 Å². The van der Waals surface area contributed by atoms with Gasteiger partial charge in [-0.1, -0.05) is 0 Å². The molecular weight excluding hydrogens is 334 g/mol. The number of ether oxygens (including phenoxy) is 3. The summed E-state index contributed by atoms with van der Waals surface area (Å²) in [7, 11) is 1.55. The lowest BCUT2D eigenvalue weighted by molar-refractivity contribution is 0.171. The average molecular weight is 344 g/mol. The van der Waals surface area contributed by atoms with E-state index in [1.807, 2.05) is 0 Å². The van der Waals surface area contributed by atoms with Gasteiger partial charge in [-0.25, -0.2) is 4.98 Å². The van der Waals surface area contributed by atoms with Gasteiger partial charge in [-0.05, 0) is 33.6 Å². The van der Waals surface area contributed by atoms with Crippen LogP contribution in [0.1, 0.15) is 16.5 Å². The molecule has 0 amide bonds. The Hall–Kier alpha value is -1.31. The highest BCUT2D eigenvalue weighted by Crippen LogP contribution is 2.44. The first kappa shape index (κ1) is 12.7. The van der Waals surface area contributed by atoms with Crippen molar-refractivity contribution in [1.29, 1.82) is 0 Å². The molecule has 2 aromatic rings. The van der Waals surface area contributed by atoms with Crippen LogP contribution >= 0.6 is 27.3 Å². The Kier molecular flexibility index (Phi) is 3.34. The number of hydrogen-bond acceptors (Lipinski definition) is 6. The zero-order valence-corrected chi connectivity index (χ0v) is 12.3. The predicted octanol–water partition coefficient (Wildman–Crippen LogP) is 2.72. The first-order chi connectivity index (χ1) is 9.20. The number of benzene rings is 1. The molecule has 0 radical (unpaired) electrons. The van der Waals surface area contributed by atoms with E-state index in [1.165, 1.54) is 11.3 Å². The summed E-state index contributed by atoms with van der Waals surface area (Å²) in [5.41, 5.74) is 2.35. The number of nitrogens with zero attached hydrogens (tertiary/aromatic N) is 1. The van der Waals surface area contributed by atoms with Crippen LogP contribution in [0.5, 0.6) is 17.2 Å². The second-order valence-corrected chi connectivity index (χ2v) is 5.50. The highest BCUT2D eigenvalue weighted by molar-refractivity contribution is 9.10. The molecule has 1 aromatic heterocycles. The van der Waals surface area contributed by atoms with Gasteiger partial charge in [-0.3, -0.25) is 0 Å². The van der Waals surface area contributed by atoms with Gasteiger partial charge in [0.25, 0.3) is 0 Å². The summed E-state index contributed by atoms with van der Waals surface area (Å²) in [6.45, 7) is 0.162. The SMILES string of the molecule is COc1cc(C(O)c2scnc2Br)cc2c1OCO2. The molecule has 1 aliphatic heterocycles. The molecule has 3 rings (SSSR count). The van der Waals surface area contributed by atoms with Crippen LogP contribution in [-0.4, -0.2) is 24.0 Å². The van der Waals surface area contributed by atoms with E-state index in [-0.39, 0.29) is 6.79 Å². The number of thiazole rings is 1. The molecule has 0 saturated carbocycles. The van der Waals surface area contributed by atoms with E-state index in [2.05, 4.69) is 20.9 Å². The third-order valence-electron chi connectivity index (χ3n) is 2.79. The average Bonchev–Trinajstić information content (AvgIpc) is 3.04. The van der Waals surface area contributed by atoms with Crippen LogP contribution in [0.4, 0.5) is 0 Å². The van der Waals surface area contributed by atoms with Crippen LogP contribution in [0.15, 0.2) is 22.2 Å². The molecule has 1 unspecified atom stereocenters. The third kappa shape index (κ3) is 2.18. The van der Waals surface area contributed by atoms with Crippen molar-refractivity contribution in [2.45, 2.75) is 6.10 Å². The van der Waals surface area contributed by atoms with E-state index < -0.39 is 6.10 Å². The normalized spacial score (nSPS) is 14.5. The number of aliphatic hydroxyl groups excluding tert-OH is 1. The van der Waals surface area contributed by atoms with Crippen LogP contribution in [0.2, 0.25) is 0 Å². The molecule has 1 aliphatic rings. The zero-order chi connectivity index (χ0) is 13.4. The molecule has 100 valence electrons. The lowest BCUT2D eigenvalue weighted by Crippen LogP contribution is -1.99. The minimum Gasteiger partial charge on any atom is -0.493 e. The molecule has 2 heterocycles. The summed E-state index contributed by atoms with van der Waals surface area (Å²) in [6, 6.07) is 3.49. The van der Waals surface area contributed by atoms with Crippen molar-refractivity contribution < 1.29 is 19.3 Å². The maximum Gasteiger partial charge on any atom is 0.231 e. The molecule has 5 nitrogen and oxygen atoms in total. The summed E-state index contributed by atoms with van der Waals surface area (Å²) >= 11 is 4.69. The van der Waals surface area contributed by atoms with Crippen LogP contribution in [0.3, 0.4) is 0 Å². The van der Waals surface area contributed by atoms with Gasteiger partial charge in [-0.15, -0.1) is 11.3 Å². The maximum absolute atomic E-state index is 10.4. The van der Waals surface area contributed by atoms with Crippen molar-refractivity contribution in [2.24, 2.45) is 0 Å². The molecule has 0 aliphatic carbocycles. The fourth-order valence-corrected chi connectivity index (χ4v) is 3.30. The van der Waals surface area contributed by atoms with Gasteiger partial charge >= 0.3 is 0 Å². The van der Waals surface area contributed by atoms with Gasteiger partial charge in [0, 0.05) is 0 Å². The van der Waals surface area contributed by atoms with Gasteiger partial charge in [0.1, 0.15) is 10.7 Å². The summed E-state index contributed by atoms with van der Waals surface area (Å²) in [5.74, 6) is 1.69. The van der Waals surface area contributed by atoms with Crippen LogP contribution in [0.25, 0.3) is 0 Å². The van der Waals surface area contributed by atoms with E-state index in [0.717, 1.165) is 4.88 Å². The zero-order valence-electron chi connectivity index (χ0n) is 9.92. The molecule has 0 fully saturated rings. The molecular formula is C12H10BrNO4S. The van der Waals surface area contributed by atoms with E-state index in [1.54, 1.807) is 24.8 Å². The lowest BCUT2D eigenvalue weighted by atomic mass is 10.1. The first-order valence-corrected chi connectivity index (χ1v) is 7.12. The smallest absolute Gasteiger partial charge is 0.231 e. The fourth-order valence-electron chi connectivity index (χ4n) is 1.88. The Morgan fingerprint density at radius 3 is 3.00 bits per heavy atom. The Morgan fingerprint density at radius 2 is 2.32 bits per heavy atom. The Labute approximate surface area is 121 Å². The van der Waals surface area contributed by atoms with Gasteiger partial charge in [0.05, 0.1) is 17.5 Å².